The first-order chi connectivity index (χ1) is 14.7. The van der Waals surface area contributed by atoms with E-state index in [4.69, 9.17) is 9.47 Å². The molecule has 0 amide bonds. The maximum absolute atomic E-state index is 13.2. The Bertz CT molecular complexity index is 1090. The highest BCUT2D eigenvalue weighted by atomic mass is 79.9. The number of carbonyl (C=O) groups is 1. The van der Waals surface area contributed by atoms with Crippen LogP contribution in [0.2, 0.25) is 0 Å². The second-order valence-corrected chi connectivity index (χ2v) is 9.69. The van der Waals surface area contributed by atoms with Crippen LogP contribution in [0.15, 0.2) is 45.8 Å². The first-order valence-electron chi connectivity index (χ1n) is 9.78. The van der Waals surface area contributed by atoms with Crippen molar-refractivity contribution in [2.45, 2.75) is 38.0 Å². The molecular formula is C23H26BrNO5S. The fourth-order valence-electron chi connectivity index (χ4n) is 2.93. The maximum atomic E-state index is 13.2. The van der Waals surface area contributed by atoms with Crippen LogP contribution in [0.25, 0.3) is 0 Å². The van der Waals surface area contributed by atoms with Gasteiger partial charge in [0.15, 0.2) is 0 Å². The van der Waals surface area contributed by atoms with E-state index in [0.29, 0.717) is 15.8 Å². The molecule has 6 nitrogen and oxygen atoms in total. The number of ether oxygens (including phenoxy) is 2. The van der Waals surface area contributed by atoms with Crippen LogP contribution in [0.4, 0.5) is 5.69 Å². The van der Waals surface area contributed by atoms with Crippen LogP contribution in [0.1, 0.15) is 42.1 Å². The SMILES string of the molecule is CCCCC#CCOc1ccc(S(=O)(=O)N(C)c2c(C)cc(Br)cc2C(=O)OC)cc1. The smallest absolute Gasteiger partial charge is 0.340 e. The van der Waals surface area contributed by atoms with E-state index in [0.717, 1.165) is 23.6 Å². The molecule has 0 aromatic heterocycles. The van der Waals surface area contributed by atoms with E-state index in [1.54, 1.807) is 31.2 Å². The zero-order valence-electron chi connectivity index (χ0n) is 18.1. The van der Waals surface area contributed by atoms with E-state index in [1.807, 2.05) is 0 Å². The third kappa shape index (κ3) is 6.25. The summed E-state index contributed by atoms with van der Waals surface area (Å²) in [6.07, 6.45) is 3.00. The van der Waals surface area contributed by atoms with Crippen molar-refractivity contribution in [2.75, 3.05) is 25.1 Å². The number of hydrogen-bond donors (Lipinski definition) is 0. The predicted molar refractivity (Wildman–Crippen MR) is 125 cm³/mol. The van der Waals surface area contributed by atoms with Gasteiger partial charge in [0, 0.05) is 17.9 Å². The fraction of sp³-hybridized carbons (Fsp3) is 0.348. The summed E-state index contributed by atoms with van der Waals surface area (Å²) >= 11 is 3.34. The van der Waals surface area contributed by atoms with Gasteiger partial charge in [0.25, 0.3) is 10.0 Å². The number of nitrogens with zero attached hydrogens (tertiary/aromatic N) is 1. The van der Waals surface area contributed by atoms with Gasteiger partial charge < -0.3 is 9.47 Å². The highest BCUT2D eigenvalue weighted by Gasteiger charge is 2.27. The molecule has 0 aliphatic heterocycles. The summed E-state index contributed by atoms with van der Waals surface area (Å²) in [5.74, 6) is 5.88. The Balaban J connectivity index is 2.26. The van der Waals surface area contributed by atoms with Crippen molar-refractivity contribution in [3.8, 4) is 17.6 Å². The van der Waals surface area contributed by atoms with E-state index < -0.39 is 16.0 Å². The molecule has 8 heteroatoms. The largest absolute Gasteiger partial charge is 0.481 e. The number of esters is 1. The zero-order valence-corrected chi connectivity index (χ0v) is 20.5. The molecule has 2 rings (SSSR count). The van der Waals surface area contributed by atoms with Gasteiger partial charge in [-0.05, 0) is 55.3 Å². The van der Waals surface area contributed by atoms with Crippen LogP contribution in [-0.4, -0.2) is 35.2 Å². The average Bonchev–Trinajstić information content (AvgIpc) is 2.75. The lowest BCUT2D eigenvalue weighted by molar-refractivity contribution is 0.0601. The second-order valence-electron chi connectivity index (χ2n) is 6.80. The van der Waals surface area contributed by atoms with Gasteiger partial charge >= 0.3 is 5.97 Å². The number of methoxy groups -OCH3 is 1. The number of anilines is 1. The Morgan fingerprint density at radius 3 is 2.45 bits per heavy atom. The molecule has 0 atom stereocenters. The molecule has 0 aliphatic rings. The van der Waals surface area contributed by atoms with Crippen molar-refractivity contribution < 1.29 is 22.7 Å². The molecule has 0 bridgehead atoms. The number of unbranched alkanes of at least 4 members (excludes halogenated alkanes) is 2. The van der Waals surface area contributed by atoms with Gasteiger partial charge in [-0.3, -0.25) is 4.31 Å². The number of carbonyl (C=O) groups excluding carboxylic acids is 1. The van der Waals surface area contributed by atoms with E-state index in [2.05, 4.69) is 34.7 Å². The lowest BCUT2D eigenvalue weighted by Gasteiger charge is -2.24. The molecule has 0 saturated heterocycles. The third-order valence-electron chi connectivity index (χ3n) is 4.56. The molecule has 0 radical (unpaired) electrons. The summed E-state index contributed by atoms with van der Waals surface area (Å²) < 4.78 is 38.5. The zero-order chi connectivity index (χ0) is 23.0. The van der Waals surface area contributed by atoms with Gasteiger partial charge in [-0.2, -0.15) is 0 Å². The maximum Gasteiger partial charge on any atom is 0.340 e. The molecule has 2 aromatic rings. The number of rotatable bonds is 8. The summed E-state index contributed by atoms with van der Waals surface area (Å²) in [4.78, 5) is 12.3. The molecule has 166 valence electrons. The molecule has 0 spiro atoms. The van der Waals surface area contributed by atoms with Crippen LogP contribution < -0.4 is 9.04 Å². The highest BCUT2D eigenvalue weighted by Crippen LogP contribution is 2.33. The van der Waals surface area contributed by atoms with Crippen LogP contribution in [-0.2, 0) is 14.8 Å². The van der Waals surface area contributed by atoms with Crippen molar-refractivity contribution in [3.05, 3.63) is 52.0 Å². The Labute approximate surface area is 192 Å². The number of halogens is 1. The lowest BCUT2D eigenvalue weighted by Crippen LogP contribution is -2.29. The number of sulfonamides is 1. The van der Waals surface area contributed by atoms with E-state index in [1.165, 1.54) is 26.3 Å². The quantitative estimate of drug-likeness (QED) is 0.287. The van der Waals surface area contributed by atoms with Gasteiger partial charge in [-0.1, -0.05) is 41.1 Å². The van der Waals surface area contributed by atoms with E-state index in [-0.39, 0.29) is 22.8 Å². The van der Waals surface area contributed by atoms with Crippen LogP contribution in [0, 0.1) is 18.8 Å². The molecule has 0 aliphatic carbocycles. The Kier molecular flexibility index (Phi) is 8.96. The van der Waals surface area contributed by atoms with Crippen molar-refractivity contribution in [1.29, 1.82) is 0 Å². The van der Waals surface area contributed by atoms with E-state index in [9.17, 15) is 13.2 Å². The minimum atomic E-state index is -3.92. The molecule has 2 aromatic carbocycles. The summed E-state index contributed by atoms with van der Waals surface area (Å²) in [6.45, 7) is 4.09. The first kappa shape index (κ1) is 24.8. The molecule has 0 saturated carbocycles. The van der Waals surface area contributed by atoms with Gasteiger partial charge in [-0.15, -0.1) is 0 Å². The van der Waals surface area contributed by atoms with Crippen LogP contribution in [0.5, 0.6) is 5.75 Å². The lowest BCUT2D eigenvalue weighted by atomic mass is 10.1. The minimum Gasteiger partial charge on any atom is -0.481 e. The van der Waals surface area contributed by atoms with Gasteiger partial charge in [-0.25, -0.2) is 13.2 Å². The Hall–Kier alpha value is -2.50. The topological polar surface area (TPSA) is 72.9 Å². The van der Waals surface area contributed by atoms with Crippen molar-refractivity contribution in [1.82, 2.24) is 0 Å². The van der Waals surface area contributed by atoms with Gasteiger partial charge in [0.1, 0.15) is 12.4 Å². The summed E-state index contributed by atoms with van der Waals surface area (Å²) in [5.41, 5.74) is 1.03. The number of aryl methyl sites for hydroxylation is 1. The molecule has 0 fully saturated rings. The molecule has 0 heterocycles. The molecule has 0 N–H and O–H groups in total. The minimum absolute atomic E-state index is 0.0783. The predicted octanol–water partition coefficient (Wildman–Crippen LogP) is 4.94. The molecule has 0 unspecified atom stereocenters. The van der Waals surface area contributed by atoms with Gasteiger partial charge in [0.05, 0.1) is 23.3 Å². The summed E-state index contributed by atoms with van der Waals surface area (Å²) in [5, 5.41) is 0. The monoisotopic (exact) mass is 507 g/mol. The van der Waals surface area contributed by atoms with Crippen molar-refractivity contribution in [2.24, 2.45) is 0 Å². The number of benzene rings is 2. The normalized spacial score (nSPS) is 10.7. The number of hydrogen-bond acceptors (Lipinski definition) is 5. The molecule has 31 heavy (non-hydrogen) atoms. The first-order valence-corrected chi connectivity index (χ1v) is 12.0. The van der Waals surface area contributed by atoms with Crippen LogP contribution >= 0.6 is 15.9 Å². The summed E-state index contributed by atoms with van der Waals surface area (Å²) in [7, 11) is -1.25. The van der Waals surface area contributed by atoms with Crippen molar-refractivity contribution in [3.63, 3.8) is 0 Å². The Morgan fingerprint density at radius 2 is 1.84 bits per heavy atom. The van der Waals surface area contributed by atoms with Crippen molar-refractivity contribution >= 4 is 37.6 Å². The highest BCUT2D eigenvalue weighted by molar-refractivity contribution is 9.10. The fourth-order valence-corrected chi connectivity index (χ4v) is 4.78. The standard InChI is InChI=1S/C23H26BrNO5S/c1-5-6-7-8-9-14-30-19-10-12-20(13-11-19)31(27,28)25(3)22-17(2)15-18(24)16-21(22)23(26)29-4/h10-13,15-16H,5-7,14H2,1-4H3. The van der Waals surface area contributed by atoms with E-state index >= 15 is 0 Å². The third-order valence-corrected chi connectivity index (χ3v) is 6.79. The average molecular weight is 508 g/mol. The molecular weight excluding hydrogens is 482 g/mol. The Morgan fingerprint density at radius 1 is 1.16 bits per heavy atom. The van der Waals surface area contributed by atoms with Crippen LogP contribution in [0.3, 0.4) is 0 Å². The second kappa shape index (κ2) is 11.2. The van der Waals surface area contributed by atoms with Gasteiger partial charge in [0.2, 0.25) is 0 Å². The summed E-state index contributed by atoms with van der Waals surface area (Å²) in [6, 6.07) is 9.40.